The van der Waals surface area contributed by atoms with Gasteiger partial charge in [-0.2, -0.15) is 0 Å². The number of hydrogen-bond donors (Lipinski definition) is 1. The fourth-order valence-corrected chi connectivity index (χ4v) is 2.40. The van der Waals surface area contributed by atoms with Crippen LogP contribution in [0.1, 0.15) is 25.3 Å². The highest BCUT2D eigenvalue weighted by atomic mass is 32.1. The van der Waals surface area contributed by atoms with Gasteiger partial charge in [-0.25, -0.2) is 9.37 Å². The molecule has 0 aliphatic heterocycles. The second-order valence-electron chi connectivity index (χ2n) is 3.53. The van der Waals surface area contributed by atoms with Gasteiger partial charge in [-0.3, -0.25) is 0 Å². The Morgan fingerprint density at radius 1 is 1.47 bits per heavy atom. The average molecular weight is 224 g/mol. The molecule has 0 aliphatic carbocycles. The molecule has 0 amide bonds. The molecule has 0 saturated carbocycles. The van der Waals surface area contributed by atoms with Crippen LogP contribution in [0, 0.1) is 5.82 Å². The summed E-state index contributed by atoms with van der Waals surface area (Å²) in [6.07, 6.45) is 2.77. The van der Waals surface area contributed by atoms with E-state index in [1.165, 1.54) is 17.4 Å². The monoisotopic (exact) mass is 224 g/mol. The van der Waals surface area contributed by atoms with Gasteiger partial charge < -0.3 is 5.73 Å². The first kappa shape index (κ1) is 10.4. The van der Waals surface area contributed by atoms with Crippen molar-refractivity contribution in [3.8, 4) is 0 Å². The number of nitrogen functional groups attached to an aromatic ring is 1. The van der Waals surface area contributed by atoms with E-state index in [4.69, 9.17) is 5.73 Å². The Hall–Kier alpha value is -1.16. The van der Waals surface area contributed by atoms with Crippen molar-refractivity contribution < 1.29 is 4.39 Å². The quantitative estimate of drug-likeness (QED) is 0.868. The third kappa shape index (κ3) is 1.95. The molecule has 0 fully saturated rings. The largest absolute Gasteiger partial charge is 0.375 e. The topological polar surface area (TPSA) is 38.9 Å². The van der Waals surface area contributed by atoms with E-state index in [1.54, 1.807) is 6.07 Å². The molecule has 0 aliphatic rings. The number of aromatic nitrogens is 1. The predicted molar refractivity (Wildman–Crippen MR) is 62.6 cm³/mol. The van der Waals surface area contributed by atoms with Gasteiger partial charge in [0.25, 0.3) is 0 Å². The van der Waals surface area contributed by atoms with Crippen molar-refractivity contribution in [1.82, 2.24) is 4.98 Å². The van der Waals surface area contributed by atoms with Crippen LogP contribution >= 0.6 is 11.3 Å². The number of nitrogens with zero attached hydrogens (tertiary/aromatic N) is 1. The second kappa shape index (κ2) is 4.14. The van der Waals surface area contributed by atoms with Crippen LogP contribution < -0.4 is 5.73 Å². The van der Waals surface area contributed by atoms with E-state index in [2.05, 4.69) is 11.9 Å². The molecule has 0 unspecified atom stereocenters. The molecule has 1 aromatic heterocycles. The van der Waals surface area contributed by atoms with Gasteiger partial charge in [-0.1, -0.05) is 24.7 Å². The van der Waals surface area contributed by atoms with Gasteiger partial charge >= 0.3 is 0 Å². The predicted octanol–water partition coefficient (Wildman–Crippen LogP) is 3.36. The highest BCUT2D eigenvalue weighted by Crippen LogP contribution is 2.28. The zero-order valence-electron chi connectivity index (χ0n) is 8.59. The number of thiazole rings is 1. The fraction of sp³-hybridized carbons (Fsp3) is 0.364. The zero-order valence-corrected chi connectivity index (χ0v) is 9.40. The van der Waals surface area contributed by atoms with Crippen LogP contribution in [0.25, 0.3) is 10.2 Å². The summed E-state index contributed by atoms with van der Waals surface area (Å²) in [5.41, 5.74) is 7.08. The highest BCUT2D eigenvalue weighted by molar-refractivity contribution is 7.22. The summed E-state index contributed by atoms with van der Waals surface area (Å²) >= 11 is 1.41. The molecule has 0 atom stereocenters. The van der Waals surface area contributed by atoms with E-state index in [0.717, 1.165) is 29.5 Å². The lowest BCUT2D eigenvalue weighted by molar-refractivity contribution is 0.606. The van der Waals surface area contributed by atoms with E-state index in [-0.39, 0.29) is 5.82 Å². The summed E-state index contributed by atoms with van der Waals surface area (Å²) in [5, 5.41) is 0.508. The molecular formula is C11H13FN2S. The minimum atomic E-state index is -0.166. The number of halogens is 1. The number of rotatable bonds is 3. The number of nitrogens with two attached hydrogens (primary N) is 1. The molecule has 4 heteroatoms. The Labute approximate surface area is 91.9 Å². The first-order valence-corrected chi connectivity index (χ1v) is 5.87. The lowest BCUT2D eigenvalue weighted by atomic mass is 10.1. The van der Waals surface area contributed by atoms with Gasteiger partial charge in [0, 0.05) is 5.56 Å². The average Bonchev–Trinajstić information content (AvgIpc) is 2.57. The lowest BCUT2D eigenvalue weighted by Crippen LogP contribution is -1.92. The maximum atomic E-state index is 13.6. The van der Waals surface area contributed by atoms with Crippen LogP contribution in [0.5, 0.6) is 0 Å². The first-order valence-electron chi connectivity index (χ1n) is 5.05. The SMILES string of the molecule is CCCCc1c(F)ccc2sc(N)nc12. The Morgan fingerprint density at radius 2 is 2.27 bits per heavy atom. The van der Waals surface area contributed by atoms with Crippen molar-refractivity contribution in [2.75, 3.05) is 5.73 Å². The van der Waals surface area contributed by atoms with Crippen LogP contribution in [-0.2, 0) is 6.42 Å². The molecule has 80 valence electrons. The van der Waals surface area contributed by atoms with E-state index in [9.17, 15) is 4.39 Å². The van der Waals surface area contributed by atoms with E-state index >= 15 is 0 Å². The van der Waals surface area contributed by atoms with Crippen molar-refractivity contribution in [1.29, 1.82) is 0 Å². The zero-order chi connectivity index (χ0) is 10.8. The Kier molecular flexibility index (Phi) is 2.86. The molecule has 0 spiro atoms. The summed E-state index contributed by atoms with van der Waals surface area (Å²) in [5.74, 6) is -0.166. The maximum Gasteiger partial charge on any atom is 0.181 e. The number of aryl methyl sites for hydroxylation is 1. The number of anilines is 1. The third-order valence-electron chi connectivity index (χ3n) is 2.41. The standard InChI is InChI=1S/C11H13FN2S/c1-2-3-4-7-8(12)5-6-9-10(7)14-11(13)15-9/h5-6H,2-4H2,1H3,(H2,13,14). The molecule has 2 nitrogen and oxygen atoms in total. The molecular weight excluding hydrogens is 211 g/mol. The van der Waals surface area contributed by atoms with Crippen LogP contribution in [0.4, 0.5) is 9.52 Å². The number of unbranched alkanes of at least 4 members (excludes halogenated alkanes) is 1. The number of benzene rings is 1. The molecule has 0 radical (unpaired) electrons. The minimum Gasteiger partial charge on any atom is -0.375 e. The van der Waals surface area contributed by atoms with Crippen LogP contribution in [0.15, 0.2) is 12.1 Å². The van der Waals surface area contributed by atoms with Crippen molar-refractivity contribution in [2.24, 2.45) is 0 Å². The fourth-order valence-electron chi connectivity index (χ4n) is 1.63. The normalized spacial score (nSPS) is 11.1. The third-order valence-corrected chi connectivity index (χ3v) is 3.26. The molecule has 2 aromatic rings. The summed E-state index contributed by atoms with van der Waals surface area (Å²) in [6, 6.07) is 3.25. The van der Waals surface area contributed by atoms with Gasteiger partial charge in [0.2, 0.25) is 0 Å². The maximum absolute atomic E-state index is 13.6. The Balaban J connectivity index is 2.52. The smallest absolute Gasteiger partial charge is 0.181 e. The van der Waals surface area contributed by atoms with Gasteiger partial charge in [0.05, 0.1) is 10.2 Å². The van der Waals surface area contributed by atoms with Crippen molar-refractivity contribution in [3.05, 3.63) is 23.5 Å². The summed E-state index contributed by atoms with van der Waals surface area (Å²) < 4.78 is 14.5. The second-order valence-corrected chi connectivity index (χ2v) is 4.59. The van der Waals surface area contributed by atoms with Crippen molar-refractivity contribution >= 4 is 26.7 Å². The minimum absolute atomic E-state index is 0.166. The van der Waals surface area contributed by atoms with Crippen LogP contribution in [-0.4, -0.2) is 4.98 Å². The highest BCUT2D eigenvalue weighted by Gasteiger charge is 2.10. The van der Waals surface area contributed by atoms with E-state index in [0.29, 0.717) is 10.7 Å². The number of hydrogen-bond acceptors (Lipinski definition) is 3. The summed E-state index contributed by atoms with van der Waals surface area (Å²) in [7, 11) is 0. The van der Waals surface area contributed by atoms with E-state index in [1.807, 2.05) is 0 Å². The molecule has 15 heavy (non-hydrogen) atoms. The first-order chi connectivity index (χ1) is 7.22. The van der Waals surface area contributed by atoms with Gasteiger partial charge in [0.15, 0.2) is 5.13 Å². The molecule has 0 bridgehead atoms. The van der Waals surface area contributed by atoms with E-state index < -0.39 is 0 Å². The van der Waals surface area contributed by atoms with Gasteiger partial charge in [-0.05, 0) is 25.0 Å². The number of fused-ring (bicyclic) bond motifs is 1. The molecule has 1 aromatic carbocycles. The molecule has 2 rings (SSSR count). The Morgan fingerprint density at radius 3 is 3.00 bits per heavy atom. The Bertz CT molecular complexity index is 479. The van der Waals surface area contributed by atoms with Gasteiger partial charge in [-0.15, -0.1) is 0 Å². The van der Waals surface area contributed by atoms with Gasteiger partial charge in [0.1, 0.15) is 5.82 Å². The van der Waals surface area contributed by atoms with Crippen molar-refractivity contribution in [2.45, 2.75) is 26.2 Å². The van der Waals surface area contributed by atoms with Crippen LogP contribution in [0.2, 0.25) is 0 Å². The van der Waals surface area contributed by atoms with Crippen molar-refractivity contribution in [3.63, 3.8) is 0 Å². The molecule has 0 saturated heterocycles. The lowest BCUT2D eigenvalue weighted by Gasteiger charge is -2.02. The molecule has 1 heterocycles. The summed E-state index contributed by atoms with van der Waals surface area (Å²) in [6.45, 7) is 2.09. The van der Waals surface area contributed by atoms with Crippen LogP contribution in [0.3, 0.4) is 0 Å². The summed E-state index contributed by atoms with van der Waals surface area (Å²) in [4.78, 5) is 4.18. The molecule has 2 N–H and O–H groups in total.